The smallest absolute Gasteiger partial charge is 0.0180 e. The van der Waals surface area contributed by atoms with Gasteiger partial charge in [0.15, 0.2) is 0 Å². The summed E-state index contributed by atoms with van der Waals surface area (Å²) in [6, 6.07) is 0. The van der Waals surface area contributed by atoms with Crippen LogP contribution in [-0.4, -0.2) is 0 Å². The van der Waals surface area contributed by atoms with E-state index in [1.165, 1.54) is 19.3 Å². The highest BCUT2D eigenvalue weighted by Gasteiger charge is 2.34. The highest BCUT2D eigenvalue weighted by Crippen LogP contribution is 2.43. The summed E-state index contributed by atoms with van der Waals surface area (Å²) in [5.41, 5.74) is 0.519. The van der Waals surface area contributed by atoms with Crippen molar-refractivity contribution in [3.05, 3.63) is 12.2 Å². The fraction of sp³-hybridized carbons (Fsp3) is 0.833. The van der Waals surface area contributed by atoms with Gasteiger partial charge in [0.05, 0.1) is 0 Å². The van der Waals surface area contributed by atoms with Crippen LogP contribution in [0.3, 0.4) is 0 Å². The maximum Gasteiger partial charge on any atom is -0.0180 e. The van der Waals surface area contributed by atoms with Crippen LogP contribution in [0.15, 0.2) is 12.2 Å². The van der Waals surface area contributed by atoms with Crippen molar-refractivity contribution < 1.29 is 0 Å². The molecule has 0 aromatic carbocycles. The van der Waals surface area contributed by atoms with Crippen molar-refractivity contribution in [2.45, 2.75) is 47.0 Å². The maximum absolute atomic E-state index is 2.43. The third kappa shape index (κ3) is 1.73. The Morgan fingerprint density at radius 1 is 1.42 bits per heavy atom. The Bertz CT molecular complexity index is 165. The molecule has 1 rings (SSSR count). The van der Waals surface area contributed by atoms with Crippen LogP contribution in [0.4, 0.5) is 0 Å². The molecule has 1 aliphatic carbocycles. The van der Waals surface area contributed by atoms with Crippen molar-refractivity contribution in [2.75, 3.05) is 0 Å². The van der Waals surface area contributed by atoms with Crippen LogP contribution in [0.25, 0.3) is 0 Å². The zero-order chi connectivity index (χ0) is 9.19. The fourth-order valence-corrected chi connectivity index (χ4v) is 2.14. The van der Waals surface area contributed by atoms with Crippen LogP contribution in [0, 0.1) is 17.3 Å². The molecule has 2 unspecified atom stereocenters. The molecule has 0 heterocycles. The quantitative estimate of drug-likeness (QED) is 0.543. The standard InChI is InChI=1S/C12H22/c1-5-7-11-9-6-8-10(2)12(11,3)4/h6,9-11H,5,7-8H2,1-4H3. The molecule has 70 valence electrons. The van der Waals surface area contributed by atoms with E-state index >= 15 is 0 Å². The van der Waals surface area contributed by atoms with Crippen LogP contribution in [-0.2, 0) is 0 Å². The minimum Gasteiger partial charge on any atom is -0.0880 e. The molecule has 0 N–H and O–H groups in total. The van der Waals surface area contributed by atoms with Crippen molar-refractivity contribution in [3.8, 4) is 0 Å². The van der Waals surface area contributed by atoms with E-state index in [9.17, 15) is 0 Å². The fourth-order valence-electron chi connectivity index (χ4n) is 2.14. The molecule has 0 fully saturated rings. The van der Waals surface area contributed by atoms with E-state index in [2.05, 4.69) is 39.8 Å². The van der Waals surface area contributed by atoms with Gasteiger partial charge in [0.1, 0.15) is 0 Å². The molecule has 2 atom stereocenters. The average Bonchev–Trinajstić information content (AvgIpc) is 2.00. The van der Waals surface area contributed by atoms with Gasteiger partial charge >= 0.3 is 0 Å². The lowest BCUT2D eigenvalue weighted by molar-refractivity contribution is 0.140. The SMILES string of the molecule is CCCC1C=CCC(C)C1(C)C. The molecule has 0 aliphatic heterocycles. The van der Waals surface area contributed by atoms with E-state index in [0.29, 0.717) is 5.41 Å². The summed E-state index contributed by atoms with van der Waals surface area (Å²) >= 11 is 0. The van der Waals surface area contributed by atoms with Crippen LogP contribution in [0.1, 0.15) is 47.0 Å². The molecular formula is C12H22. The minimum absolute atomic E-state index is 0.519. The molecule has 0 radical (unpaired) electrons. The largest absolute Gasteiger partial charge is 0.0880 e. The summed E-state index contributed by atoms with van der Waals surface area (Å²) in [5, 5.41) is 0. The molecule has 0 bridgehead atoms. The Labute approximate surface area is 77.1 Å². The monoisotopic (exact) mass is 166 g/mol. The Morgan fingerprint density at radius 2 is 2.08 bits per heavy atom. The summed E-state index contributed by atoms with van der Waals surface area (Å²) in [5.74, 6) is 1.66. The molecule has 1 aliphatic rings. The second kappa shape index (κ2) is 3.64. The summed E-state index contributed by atoms with van der Waals surface area (Å²) in [4.78, 5) is 0. The van der Waals surface area contributed by atoms with Crippen LogP contribution >= 0.6 is 0 Å². The second-order valence-electron chi connectivity index (χ2n) is 4.78. The van der Waals surface area contributed by atoms with Crippen LogP contribution in [0.5, 0.6) is 0 Å². The van der Waals surface area contributed by atoms with E-state index in [-0.39, 0.29) is 0 Å². The molecule has 12 heavy (non-hydrogen) atoms. The summed E-state index contributed by atoms with van der Waals surface area (Å²) < 4.78 is 0. The normalized spacial score (nSPS) is 33.7. The van der Waals surface area contributed by atoms with Gasteiger partial charge in [0.25, 0.3) is 0 Å². The van der Waals surface area contributed by atoms with Crippen molar-refractivity contribution in [1.29, 1.82) is 0 Å². The predicted molar refractivity (Wildman–Crippen MR) is 55.1 cm³/mol. The molecule has 0 nitrogen and oxygen atoms in total. The zero-order valence-electron chi connectivity index (χ0n) is 8.93. The lowest BCUT2D eigenvalue weighted by atomic mass is 9.64. The molecular weight excluding hydrogens is 144 g/mol. The van der Waals surface area contributed by atoms with Gasteiger partial charge in [-0.2, -0.15) is 0 Å². The van der Waals surface area contributed by atoms with Gasteiger partial charge in [-0.25, -0.2) is 0 Å². The number of allylic oxidation sites excluding steroid dienone is 2. The number of hydrogen-bond donors (Lipinski definition) is 0. The van der Waals surface area contributed by atoms with Crippen molar-refractivity contribution in [3.63, 3.8) is 0 Å². The van der Waals surface area contributed by atoms with Crippen LogP contribution < -0.4 is 0 Å². The van der Waals surface area contributed by atoms with Gasteiger partial charge in [-0.15, -0.1) is 0 Å². The molecule has 0 amide bonds. The van der Waals surface area contributed by atoms with E-state index in [0.717, 1.165) is 11.8 Å². The molecule has 0 aromatic rings. The summed E-state index contributed by atoms with van der Waals surface area (Å²) in [7, 11) is 0. The number of rotatable bonds is 2. The molecule has 0 saturated heterocycles. The second-order valence-corrected chi connectivity index (χ2v) is 4.78. The van der Waals surface area contributed by atoms with Crippen molar-refractivity contribution in [2.24, 2.45) is 17.3 Å². The van der Waals surface area contributed by atoms with E-state index in [4.69, 9.17) is 0 Å². The average molecular weight is 166 g/mol. The summed E-state index contributed by atoms with van der Waals surface area (Å²) in [6.45, 7) is 9.50. The topological polar surface area (TPSA) is 0 Å². The van der Waals surface area contributed by atoms with Gasteiger partial charge in [-0.1, -0.05) is 46.3 Å². The first-order valence-electron chi connectivity index (χ1n) is 5.25. The predicted octanol–water partition coefficient (Wildman–Crippen LogP) is 4.02. The maximum atomic E-state index is 2.43. The molecule has 0 aromatic heterocycles. The van der Waals surface area contributed by atoms with E-state index in [1.807, 2.05) is 0 Å². The Kier molecular flexibility index (Phi) is 2.98. The van der Waals surface area contributed by atoms with Gasteiger partial charge in [-0.05, 0) is 30.1 Å². The third-order valence-electron chi connectivity index (χ3n) is 3.68. The molecule has 0 saturated carbocycles. The Hall–Kier alpha value is -0.260. The molecule has 0 heteroatoms. The first kappa shape index (κ1) is 9.83. The highest BCUT2D eigenvalue weighted by molar-refractivity contribution is 5.03. The Balaban J connectivity index is 2.70. The van der Waals surface area contributed by atoms with Gasteiger partial charge in [-0.3, -0.25) is 0 Å². The van der Waals surface area contributed by atoms with Gasteiger partial charge in [0, 0.05) is 0 Å². The van der Waals surface area contributed by atoms with Gasteiger partial charge < -0.3 is 0 Å². The summed E-state index contributed by atoms with van der Waals surface area (Å²) in [6.07, 6.45) is 8.74. The van der Waals surface area contributed by atoms with Crippen molar-refractivity contribution in [1.82, 2.24) is 0 Å². The minimum atomic E-state index is 0.519. The lowest BCUT2D eigenvalue weighted by Gasteiger charge is -2.40. The molecule has 0 spiro atoms. The number of hydrogen-bond acceptors (Lipinski definition) is 0. The third-order valence-corrected chi connectivity index (χ3v) is 3.68. The Morgan fingerprint density at radius 3 is 2.67 bits per heavy atom. The van der Waals surface area contributed by atoms with Gasteiger partial charge in [0.2, 0.25) is 0 Å². The highest BCUT2D eigenvalue weighted by atomic mass is 14.4. The first-order valence-corrected chi connectivity index (χ1v) is 5.25. The van der Waals surface area contributed by atoms with Crippen LogP contribution in [0.2, 0.25) is 0 Å². The van der Waals surface area contributed by atoms with E-state index < -0.39 is 0 Å². The first-order chi connectivity index (χ1) is 5.59. The zero-order valence-corrected chi connectivity index (χ0v) is 8.93. The van der Waals surface area contributed by atoms with E-state index in [1.54, 1.807) is 0 Å². The lowest BCUT2D eigenvalue weighted by Crippen LogP contribution is -2.32. The van der Waals surface area contributed by atoms with Crippen molar-refractivity contribution >= 4 is 0 Å².